The molecule has 28 heavy (non-hydrogen) atoms. The molecule has 142 valence electrons. The van der Waals surface area contributed by atoms with Crippen molar-refractivity contribution in [3.05, 3.63) is 107 Å². The summed E-state index contributed by atoms with van der Waals surface area (Å²) in [4.78, 5) is 27.2. The summed E-state index contributed by atoms with van der Waals surface area (Å²) in [5.41, 5.74) is 1.55. The number of likely N-dealkylation sites (N-methyl/N-ethyl adjacent to an activating group) is 1. The molecular formula is C23H21FN2O2. The van der Waals surface area contributed by atoms with Crippen LogP contribution in [-0.2, 0) is 11.3 Å². The van der Waals surface area contributed by atoms with Gasteiger partial charge in [0.15, 0.2) is 0 Å². The highest BCUT2D eigenvalue weighted by Crippen LogP contribution is 2.18. The molecular weight excluding hydrogens is 355 g/mol. The lowest BCUT2D eigenvalue weighted by atomic mass is 10.0. The lowest BCUT2D eigenvalue weighted by Crippen LogP contribution is -2.41. The Kier molecular flexibility index (Phi) is 6.17. The van der Waals surface area contributed by atoms with E-state index in [1.165, 1.54) is 11.0 Å². The van der Waals surface area contributed by atoms with Crippen LogP contribution in [0.3, 0.4) is 0 Å². The Balaban J connectivity index is 1.83. The Morgan fingerprint density at radius 1 is 0.893 bits per heavy atom. The standard InChI is InChI=1S/C23H21FN2O2/c1-26(16-19-14-8-9-15-20(19)24)23(28)21(17-10-4-2-5-11-17)25-22(27)18-12-6-3-7-13-18/h2-15,21H,16H2,1H3,(H,25,27). The van der Waals surface area contributed by atoms with Gasteiger partial charge in [-0.05, 0) is 23.8 Å². The molecule has 3 aromatic rings. The zero-order valence-electron chi connectivity index (χ0n) is 15.5. The van der Waals surface area contributed by atoms with E-state index in [4.69, 9.17) is 0 Å². The van der Waals surface area contributed by atoms with Crippen molar-refractivity contribution in [2.75, 3.05) is 7.05 Å². The maximum Gasteiger partial charge on any atom is 0.252 e. The summed E-state index contributed by atoms with van der Waals surface area (Å²) in [6.07, 6.45) is 0. The molecule has 0 aliphatic heterocycles. The van der Waals surface area contributed by atoms with Gasteiger partial charge in [-0.25, -0.2) is 4.39 Å². The van der Waals surface area contributed by atoms with Crippen LogP contribution in [0.4, 0.5) is 4.39 Å². The Morgan fingerprint density at radius 2 is 1.46 bits per heavy atom. The number of carbonyl (C=O) groups is 2. The second kappa shape index (κ2) is 8.95. The summed E-state index contributed by atoms with van der Waals surface area (Å²) in [6, 6.07) is 23.2. The van der Waals surface area contributed by atoms with E-state index in [1.54, 1.807) is 73.8 Å². The average Bonchev–Trinajstić information content (AvgIpc) is 2.74. The van der Waals surface area contributed by atoms with Crippen LogP contribution in [0.25, 0.3) is 0 Å². The minimum atomic E-state index is -0.870. The average molecular weight is 376 g/mol. The van der Waals surface area contributed by atoms with E-state index in [2.05, 4.69) is 5.32 Å². The van der Waals surface area contributed by atoms with Gasteiger partial charge in [-0.3, -0.25) is 9.59 Å². The zero-order valence-corrected chi connectivity index (χ0v) is 15.5. The molecule has 0 fully saturated rings. The fourth-order valence-corrected chi connectivity index (χ4v) is 2.92. The fourth-order valence-electron chi connectivity index (χ4n) is 2.92. The number of amides is 2. The van der Waals surface area contributed by atoms with Gasteiger partial charge in [-0.1, -0.05) is 66.7 Å². The Morgan fingerprint density at radius 3 is 2.11 bits per heavy atom. The molecule has 0 aliphatic carbocycles. The molecule has 1 atom stereocenters. The second-order valence-electron chi connectivity index (χ2n) is 6.47. The van der Waals surface area contributed by atoms with Gasteiger partial charge in [-0.2, -0.15) is 0 Å². The monoisotopic (exact) mass is 376 g/mol. The van der Waals surface area contributed by atoms with Crippen molar-refractivity contribution in [2.45, 2.75) is 12.6 Å². The van der Waals surface area contributed by atoms with Gasteiger partial charge in [0.2, 0.25) is 5.91 Å². The van der Waals surface area contributed by atoms with Crippen LogP contribution in [0.1, 0.15) is 27.5 Å². The predicted molar refractivity (Wildman–Crippen MR) is 106 cm³/mol. The van der Waals surface area contributed by atoms with Crippen LogP contribution < -0.4 is 5.32 Å². The van der Waals surface area contributed by atoms with E-state index >= 15 is 0 Å². The number of benzene rings is 3. The first kappa shape index (κ1) is 19.3. The third-order valence-electron chi connectivity index (χ3n) is 4.43. The van der Waals surface area contributed by atoms with Crippen molar-refractivity contribution in [3.63, 3.8) is 0 Å². The molecule has 0 radical (unpaired) electrons. The van der Waals surface area contributed by atoms with Crippen molar-refractivity contribution in [1.82, 2.24) is 10.2 Å². The van der Waals surface area contributed by atoms with Crippen molar-refractivity contribution < 1.29 is 14.0 Å². The van der Waals surface area contributed by atoms with Crippen molar-refractivity contribution in [3.8, 4) is 0 Å². The Labute approximate surface area is 163 Å². The minimum Gasteiger partial charge on any atom is -0.339 e. The highest BCUT2D eigenvalue weighted by molar-refractivity contribution is 5.97. The molecule has 0 heterocycles. The number of hydrogen-bond acceptors (Lipinski definition) is 2. The summed E-state index contributed by atoms with van der Waals surface area (Å²) >= 11 is 0. The first-order chi connectivity index (χ1) is 13.6. The molecule has 0 bridgehead atoms. The second-order valence-corrected chi connectivity index (χ2v) is 6.47. The van der Waals surface area contributed by atoms with Crippen LogP contribution in [0, 0.1) is 5.82 Å². The van der Waals surface area contributed by atoms with Crippen LogP contribution in [0.15, 0.2) is 84.9 Å². The zero-order chi connectivity index (χ0) is 19.9. The van der Waals surface area contributed by atoms with Crippen LogP contribution >= 0.6 is 0 Å². The lowest BCUT2D eigenvalue weighted by molar-refractivity contribution is -0.132. The fraction of sp³-hybridized carbons (Fsp3) is 0.130. The molecule has 0 saturated heterocycles. The van der Waals surface area contributed by atoms with Gasteiger partial charge in [-0.15, -0.1) is 0 Å². The number of hydrogen-bond donors (Lipinski definition) is 1. The van der Waals surface area contributed by atoms with Gasteiger partial charge in [0, 0.05) is 24.7 Å². The largest absolute Gasteiger partial charge is 0.339 e. The van der Waals surface area contributed by atoms with E-state index in [-0.39, 0.29) is 24.2 Å². The number of nitrogens with zero attached hydrogens (tertiary/aromatic N) is 1. The van der Waals surface area contributed by atoms with Gasteiger partial charge in [0.1, 0.15) is 11.9 Å². The Bertz CT molecular complexity index is 945. The molecule has 0 spiro atoms. The molecule has 2 amide bonds. The highest BCUT2D eigenvalue weighted by atomic mass is 19.1. The van der Waals surface area contributed by atoms with Gasteiger partial charge in [0.25, 0.3) is 5.91 Å². The van der Waals surface area contributed by atoms with Crippen LogP contribution in [0.2, 0.25) is 0 Å². The van der Waals surface area contributed by atoms with E-state index in [0.717, 1.165) is 0 Å². The summed E-state index contributed by atoms with van der Waals surface area (Å²) in [5, 5.41) is 2.81. The molecule has 3 aromatic carbocycles. The first-order valence-corrected chi connectivity index (χ1v) is 8.95. The van der Waals surface area contributed by atoms with Crippen LogP contribution in [-0.4, -0.2) is 23.8 Å². The smallest absolute Gasteiger partial charge is 0.252 e. The maximum atomic E-state index is 14.0. The number of rotatable bonds is 6. The highest BCUT2D eigenvalue weighted by Gasteiger charge is 2.26. The van der Waals surface area contributed by atoms with E-state index in [0.29, 0.717) is 16.7 Å². The summed E-state index contributed by atoms with van der Waals surface area (Å²) in [5.74, 6) is -1.03. The molecule has 1 unspecified atom stereocenters. The van der Waals surface area contributed by atoms with Crippen LogP contribution in [0.5, 0.6) is 0 Å². The molecule has 4 nitrogen and oxygen atoms in total. The van der Waals surface area contributed by atoms with E-state index < -0.39 is 6.04 Å². The molecule has 1 N–H and O–H groups in total. The topological polar surface area (TPSA) is 49.4 Å². The third-order valence-corrected chi connectivity index (χ3v) is 4.43. The van der Waals surface area contributed by atoms with E-state index in [1.807, 2.05) is 12.1 Å². The van der Waals surface area contributed by atoms with Gasteiger partial charge < -0.3 is 10.2 Å². The van der Waals surface area contributed by atoms with E-state index in [9.17, 15) is 14.0 Å². The lowest BCUT2D eigenvalue weighted by Gasteiger charge is -2.25. The minimum absolute atomic E-state index is 0.107. The first-order valence-electron chi connectivity index (χ1n) is 8.95. The number of halogens is 1. The SMILES string of the molecule is CN(Cc1ccccc1F)C(=O)C(NC(=O)c1ccccc1)c1ccccc1. The Hall–Kier alpha value is -3.47. The third kappa shape index (κ3) is 4.62. The quantitative estimate of drug-likeness (QED) is 0.708. The molecule has 0 saturated carbocycles. The molecule has 3 rings (SSSR count). The number of nitrogens with one attached hydrogen (secondary N) is 1. The molecule has 0 aromatic heterocycles. The van der Waals surface area contributed by atoms with Crippen molar-refractivity contribution in [1.29, 1.82) is 0 Å². The van der Waals surface area contributed by atoms with Gasteiger partial charge in [0.05, 0.1) is 0 Å². The summed E-state index contributed by atoms with van der Waals surface area (Å²) in [6.45, 7) is 0.107. The van der Waals surface area contributed by atoms with Crippen molar-refractivity contribution >= 4 is 11.8 Å². The molecule has 5 heteroatoms. The summed E-state index contributed by atoms with van der Waals surface area (Å²) < 4.78 is 14.0. The summed E-state index contributed by atoms with van der Waals surface area (Å²) in [7, 11) is 1.60. The predicted octanol–water partition coefficient (Wildman–Crippen LogP) is 3.96. The van der Waals surface area contributed by atoms with Crippen molar-refractivity contribution in [2.24, 2.45) is 0 Å². The number of carbonyl (C=O) groups excluding carboxylic acids is 2. The molecule has 0 aliphatic rings. The maximum absolute atomic E-state index is 14.0. The van der Waals surface area contributed by atoms with Gasteiger partial charge >= 0.3 is 0 Å². The normalized spacial score (nSPS) is 11.5.